The van der Waals surface area contributed by atoms with Gasteiger partial charge in [0.2, 0.25) is 0 Å². The van der Waals surface area contributed by atoms with Crippen molar-refractivity contribution in [3.05, 3.63) is 75.7 Å². The highest BCUT2D eigenvalue weighted by Crippen LogP contribution is 2.45. The Morgan fingerprint density at radius 1 is 1.14 bits per heavy atom. The molecule has 1 amide bonds. The number of aromatic nitrogens is 2. The molecular weight excluding hydrogens is 512 g/mol. The Balaban J connectivity index is 1.71. The molecule has 1 atom stereocenters. The summed E-state index contributed by atoms with van der Waals surface area (Å²) in [5.41, 5.74) is -2.17. The van der Waals surface area contributed by atoms with Crippen molar-refractivity contribution in [2.75, 3.05) is 29.9 Å². The molecule has 2 aliphatic rings. The summed E-state index contributed by atoms with van der Waals surface area (Å²) in [7, 11) is 0. The van der Waals surface area contributed by atoms with E-state index in [2.05, 4.69) is 15.7 Å². The number of hydrogen-bond acceptors (Lipinski definition) is 4. The van der Waals surface area contributed by atoms with E-state index in [1.807, 2.05) is 0 Å². The zero-order valence-electron chi connectivity index (χ0n) is 18.6. The van der Waals surface area contributed by atoms with Crippen LogP contribution >= 0.6 is 11.6 Å². The van der Waals surface area contributed by atoms with Gasteiger partial charge in [-0.3, -0.25) is 9.69 Å². The first-order chi connectivity index (χ1) is 16.9. The van der Waals surface area contributed by atoms with Crippen molar-refractivity contribution in [3.63, 3.8) is 0 Å². The highest BCUT2D eigenvalue weighted by atomic mass is 35.5. The van der Waals surface area contributed by atoms with E-state index in [1.54, 1.807) is 0 Å². The molecule has 1 saturated heterocycles. The zero-order chi connectivity index (χ0) is 26.0. The van der Waals surface area contributed by atoms with Gasteiger partial charge in [0, 0.05) is 41.7 Å². The van der Waals surface area contributed by atoms with Gasteiger partial charge >= 0.3 is 6.30 Å². The van der Waals surface area contributed by atoms with Crippen LogP contribution in [0, 0.1) is 17.5 Å². The third-order valence-corrected chi connectivity index (χ3v) is 6.79. The maximum absolute atomic E-state index is 16.0. The first-order valence-corrected chi connectivity index (χ1v) is 11.2. The van der Waals surface area contributed by atoms with Crippen LogP contribution in [0.15, 0.2) is 36.5 Å². The van der Waals surface area contributed by atoms with Crippen LogP contribution in [0.3, 0.4) is 0 Å². The number of halogens is 7. The van der Waals surface area contributed by atoms with Gasteiger partial charge < -0.3 is 10.6 Å². The second-order valence-electron chi connectivity index (χ2n) is 8.89. The molecule has 190 valence electrons. The average molecular weight is 530 g/mol. The number of hydrogen-bond donors (Lipinski definition) is 2. The lowest BCUT2D eigenvalue weighted by Gasteiger charge is -2.42. The zero-order valence-corrected chi connectivity index (χ0v) is 19.3. The summed E-state index contributed by atoms with van der Waals surface area (Å²) in [4.78, 5) is 14.0. The Kier molecular flexibility index (Phi) is 5.71. The Labute approximate surface area is 205 Å². The third kappa shape index (κ3) is 3.79. The fourth-order valence-electron chi connectivity index (χ4n) is 4.61. The lowest BCUT2D eigenvalue weighted by molar-refractivity contribution is -0.212. The fraction of sp³-hybridized carbons (Fsp3) is 0.304. The van der Waals surface area contributed by atoms with Crippen LogP contribution in [0.4, 0.5) is 37.8 Å². The van der Waals surface area contributed by atoms with Crippen LogP contribution in [0.2, 0.25) is 5.02 Å². The van der Waals surface area contributed by atoms with Gasteiger partial charge in [-0.05, 0) is 25.1 Å². The van der Waals surface area contributed by atoms with Crippen LogP contribution < -0.4 is 15.5 Å². The van der Waals surface area contributed by atoms with Crippen molar-refractivity contribution in [2.24, 2.45) is 0 Å². The number of fused-ring (bicyclic) bond motifs is 1. The number of benzene rings is 2. The molecule has 5 rings (SSSR count). The maximum atomic E-state index is 16.0. The van der Waals surface area contributed by atoms with Crippen LogP contribution in [0.5, 0.6) is 0 Å². The van der Waals surface area contributed by atoms with Gasteiger partial charge in [-0.2, -0.15) is 4.68 Å². The minimum Gasteiger partial charge on any atom is -0.377 e. The molecule has 2 N–H and O–H groups in total. The molecule has 3 aromatic rings. The van der Waals surface area contributed by atoms with Crippen molar-refractivity contribution in [1.29, 1.82) is 0 Å². The maximum Gasteiger partial charge on any atom is 0.504 e. The van der Waals surface area contributed by atoms with Gasteiger partial charge in [0.1, 0.15) is 5.82 Å². The van der Waals surface area contributed by atoms with Gasteiger partial charge in [0.25, 0.3) is 5.91 Å². The fourth-order valence-corrected chi connectivity index (χ4v) is 4.78. The number of anilines is 2. The van der Waals surface area contributed by atoms with Crippen molar-refractivity contribution >= 4 is 29.0 Å². The van der Waals surface area contributed by atoms with Gasteiger partial charge in [0.05, 0.1) is 22.9 Å². The predicted octanol–water partition coefficient (Wildman–Crippen LogP) is 4.78. The summed E-state index contributed by atoms with van der Waals surface area (Å²) in [6.45, 7) is 1.98. The molecule has 1 unspecified atom stereocenters. The van der Waals surface area contributed by atoms with Gasteiger partial charge in [-0.15, -0.1) is 18.3 Å². The van der Waals surface area contributed by atoms with E-state index in [4.69, 9.17) is 11.6 Å². The second kappa shape index (κ2) is 8.41. The van der Waals surface area contributed by atoms with Crippen molar-refractivity contribution in [2.45, 2.75) is 24.7 Å². The van der Waals surface area contributed by atoms with E-state index >= 15 is 8.78 Å². The van der Waals surface area contributed by atoms with E-state index in [-0.39, 0.29) is 39.6 Å². The number of carbonyl (C=O) groups excluding carboxylic acids is 1. The van der Waals surface area contributed by atoms with E-state index in [0.717, 1.165) is 0 Å². The molecule has 0 saturated carbocycles. The van der Waals surface area contributed by atoms with E-state index in [9.17, 15) is 22.4 Å². The quantitative estimate of drug-likeness (QED) is 0.478. The lowest BCUT2D eigenvalue weighted by Crippen LogP contribution is -2.52. The molecule has 2 aromatic carbocycles. The highest BCUT2D eigenvalue weighted by molar-refractivity contribution is 6.30. The summed E-state index contributed by atoms with van der Waals surface area (Å²) in [6.07, 6.45) is -4.95. The Hall–Kier alpha value is -3.25. The van der Waals surface area contributed by atoms with E-state index in [1.165, 1.54) is 37.3 Å². The molecule has 1 fully saturated rings. The monoisotopic (exact) mass is 529 g/mol. The van der Waals surface area contributed by atoms with Gasteiger partial charge in [-0.1, -0.05) is 23.7 Å². The van der Waals surface area contributed by atoms with Crippen molar-refractivity contribution in [3.8, 4) is 0 Å². The second-order valence-corrected chi connectivity index (χ2v) is 9.29. The molecule has 0 spiro atoms. The number of amides is 1. The lowest BCUT2D eigenvalue weighted by atomic mass is 9.70. The van der Waals surface area contributed by atoms with Crippen LogP contribution in [0.1, 0.15) is 28.4 Å². The van der Waals surface area contributed by atoms with Crippen LogP contribution in [0.25, 0.3) is 0 Å². The summed E-state index contributed by atoms with van der Waals surface area (Å²) >= 11 is 5.98. The molecule has 0 bridgehead atoms. The standard InChI is InChI=1S/C23H18ClF6N5O/c1-22(13-3-2-4-14(24)18(13)26)10-34(20-15(25)9-35(33-20)23(28,29)30)21(36)12-5-6-16(19(27)17(12)22)32-11-7-31-8-11/h2-6,9,11,31-32H,7-8,10H2,1H3. The predicted molar refractivity (Wildman–Crippen MR) is 120 cm³/mol. The number of nitrogens with zero attached hydrogens (tertiary/aromatic N) is 3. The molecule has 0 aliphatic carbocycles. The van der Waals surface area contributed by atoms with Crippen LogP contribution in [-0.4, -0.2) is 41.4 Å². The minimum absolute atomic E-state index is 0.0667. The molecule has 1 aromatic heterocycles. The van der Waals surface area contributed by atoms with E-state index in [0.29, 0.717) is 18.0 Å². The third-order valence-electron chi connectivity index (χ3n) is 6.50. The SMILES string of the molecule is CC1(c2cccc(Cl)c2F)CN(c2nn(C(F)(F)F)cc2F)C(=O)c2ccc(NC3CNC3)c(F)c21. The Morgan fingerprint density at radius 3 is 2.47 bits per heavy atom. The summed E-state index contributed by atoms with van der Waals surface area (Å²) in [5, 5.41) is 8.99. The average Bonchev–Trinajstić information content (AvgIpc) is 3.18. The van der Waals surface area contributed by atoms with E-state index < -0.39 is 52.1 Å². The first-order valence-electron chi connectivity index (χ1n) is 10.8. The Morgan fingerprint density at radius 2 is 1.86 bits per heavy atom. The number of carbonyl (C=O) groups is 1. The summed E-state index contributed by atoms with van der Waals surface area (Å²) < 4.78 is 84.7. The number of rotatable bonds is 4. The minimum atomic E-state index is -5.04. The molecule has 2 aliphatic heterocycles. The summed E-state index contributed by atoms with van der Waals surface area (Å²) in [5.74, 6) is -5.04. The first kappa shape index (κ1) is 24.4. The smallest absolute Gasteiger partial charge is 0.377 e. The van der Waals surface area contributed by atoms with Crippen molar-refractivity contribution < 1.29 is 31.1 Å². The molecule has 6 nitrogen and oxygen atoms in total. The summed E-state index contributed by atoms with van der Waals surface area (Å²) in [6, 6.07) is 6.56. The van der Waals surface area contributed by atoms with Crippen LogP contribution in [-0.2, 0) is 11.7 Å². The molecule has 36 heavy (non-hydrogen) atoms. The number of nitrogens with one attached hydrogen (secondary N) is 2. The Bertz CT molecular complexity index is 1370. The molecule has 13 heteroatoms. The number of alkyl halides is 3. The molecule has 0 radical (unpaired) electrons. The molecule has 3 heterocycles. The van der Waals surface area contributed by atoms with Gasteiger partial charge in [-0.25, -0.2) is 13.2 Å². The highest BCUT2D eigenvalue weighted by Gasteiger charge is 2.47. The largest absolute Gasteiger partial charge is 0.504 e. The molecular formula is C23H18ClF6N5O. The van der Waals surface area contributed by atoms with Gasteiger partial charge in [0.15, 0.2) is 17.5 Å². The normalized spacial score (nSPS) is 20.3. The topological polar surface area (TPSA) is 62.2 Å². The van der Waals surface area contributed by atoms with Crippen molar-refractivity contribution in [1.82, 2.24) is 15.1 Å².